The fraction of sp³-hybridized carbons (Fsp3) is 0.294. The highest BCUT2D eigenvalue weighted by Gasteiger charge is 2.19. The molecule has 20 heavy (non-hydrogen) atoms. The van der Waals surface area contributed by atoms with Crippen molar-refractivity contribution in [3.05, 3.63) is 64.7 Å². The van der Waals surface area contributed by atoms with E-state index in [-0.39, 0.29) is 6.04 Å². The van der Waals surface area contributed by atoms with Gasteiger partial charge in [-0.3, -0.25) is 0 Å². The minimum Gasteiger partial charge on any atom is -0.494 e. The lowest BCUT2D eigenvalue weighted by molar-refractivity contribution is 0.333. The van der Waals surface area contributed by atoms with E-state index >= 15 is 0 Å². The molecule has 0 radical (unpaired) electrons. The average Bonchev–Trinajstić information content (AvgIpc) is 2.47. The van der Waals surface area contributed by atoms with Crippen molar-refractivity contribution in [3.8, 4) is 5.75 Å². The van der Waals surface area contributed by atoms with Crippen molar-refractivity contribution in [3.63, 3.8) is 0 Å². The zero-order valence-corrected chi connectivity index (χ0v) is 12.7. The van der Waals surface area contributed by atoms with Crippen LogP contribution in [0.4, 0.5) is 0 Å². The van der Waals surface area contributed by atoms with Crippen molar-refractivity contribution >= 4 is 11.6 Å². The van der Waals surface area contributed by atoms with E-state index in [1.54, 1.807) is 0 Å². The first kappa shape index (κ1) is 14.9. The second kappa shape index (κ2) is 7.32. The van der Waals surface area contributed by atoms with Gasteiger partial charge < -0.3 is 10.1 Å². The molecule has 2 aromatic rings. The Morgan fingerprint density at radius 3 is 2.30 bits per heavy atom. The monoisotopic (exact) mass is 289 g/mol. The first-order valence-electron chi connectivity index (χ1n) is 6.97. The highest BCUT2D eigenvalue weighted by molar-refractivity contribution is 6.31. The molecule has 0 aliphatic rings. The molecule has 0 saturated carbocycles. The number of halogens is 1. The fourth-order valence-electron chi connectivity index (χ4n) is 2.31. The third-order valence-electron chi connectivity index (χ3n) is 3.15. The minimum atomic E-state index is 0.0384. The summed E-state index contributed by atoms with van der Waals surface area (Å²) < 4.78 is 5.74. The van der Waals surface area contributed by atoms with Crippen molar-refractivity contribution in [2.45, 2.75) is 19.9 Å². The Kier molecular flexibility index (Phi) is 5.45. The first-order chi connectivity index (χ1) is 9.77. The second-order valence-corrected chi connectivity index (χ2v) is 4.89. The molecule has 2 rings (SSSR count). The van der Waals surface area contributed by atoms with Crippen LogP contribution in [0.3, 0.4) is 0 Å². The van der Waals surface area contributed by atoms with Gasteiger partial charge >= 0.3 is 0 Å². The molecule has 0 bridgehead atoms. The topological polar surface area (TPSA) is 21.3 Å². The Labute approximate surface area is 125 Å². The standard InChI is InChI=1S/C17H20ClNO/c1-3-19-17(13-9-5-7-11-15(13)18)14-10-6-8-12-16(14)20-4-2/h5-12,17,19H,3-4H2,1-2H3. The van der Waals surface area contributed by atoms with Crippen LogP contribution in [-0.4, -0.2) is 13.2 Å². The van der Waals surface area contributed by atoms with Crippen LogP contribution in [-0.2, 0) is 0 Å². The lowest BCUT2D eigenvalue weighted by Crippen LogP contribution is -2.23. The highest BCUT2D eigenvalue weighted by atomic mass is 35.5. The quantitative estimate of drug-likeness (QED) is 0.849. The summed E-state index contributed by atoms with van der Waals surface area (Å²) in [4.78, 5) is 0. The Morgan fingerprint density at radius 1 is 1.00 bits per heavy atom. The van der Waals surface area contributed by atoms with E-state index < -0.39 is 0 Å². The second-order valence-electron chi connectivity index (χ2n) is 4.48. The third kappa shape index (κ3) is 3.33. The SMILES string of the molecule is CCNC(c1ccccc1Cl)c1ccccc1OCC. The van der Waals surface area contributed by atoms with Crippen LogP contribution in [0.2, 0.25) is 5.02 Å². The molecule has 0 fully saturated rings. The van der Waals surface area contributed by atoms with Crippen molar-refractivity contribution in [1.82, 2.24) is 5.32 Å². The van der Waals surface area contributed by atoms with Crippen LogP contribution < -0.4 is 10.1 Å². The molecular formula is C17H20ClNO. The van der Waals surface area contributed by atoms with Crippen LogP contribution in [0.15, 0.2) is 48.5 Å². The Bertz CT molecular complexity index is 556. The number of benzene rings is 2. The van der Waals surface area contributed by atoms with Gasteiger partial charge in [-0.25, -0.2) is 0 Å². The molecule has 0 aliphatic carbocycles. The Balaban J connectivity index is 2.46. The van der Waals surface area contributed by atoms with Crippen LogP contribution in [0, 0.1) is 0 Å². The first-order valence-corrected chi connectivity index (χ1v) is 7.35. The van der Waals surface area contributed by atoms with Gasteiger partial charge in [0.05, 0.1) is 12.6 Å². The number of para-hydroxylation sites is 1. The highest BCUT2D eigenvalue weighted by Crippen LogP contribution is 2.33. The van der Waals surface area contributed by atoms with Crippen molar-refractivity contribution in [1.29, 1.82) is 0 Å². The molecule has 0 aromatic heterocycles. The van der Waals surface area contributed by atoms with E-state index in [4.69, 9.17) is 16.3 Å². The van der Waals surface area contributed by atoms with E-state index in [2.05, 4.69) is 24.4 Å². The number of rotatable bonds is 6. The molecule has 2 aromatic carbocycles. The molecule has 0 saturated heterocycles. The summed E-state index contributed by atoms with van der Waals surface area (Å²) in [5, 5.41) is 4.26. The number of nitrogens with one attached hydrogen (secondary N) is 1. The van der Waals surface area contributed by atoms with E-state index in [0.717, 1.165) is 28.4 Å². The van der Waals surface area contributed by atoms with Crippen LogP contribution in [0.1, 0.15) is 31.0 Å². The van der Waals surface area contributed by atoms with Gasteiger partial charge in [-0.2, -0.15) is 0 Å². The van der Waals surface area contributed by atoms with Crippen molar-refractivity contribution < 1.29 is 4.74 Å². The van der Waals surface area contributed by atoms with Gasteiger partial charge in [-0.1, -0.05) is 54.9 Å². The molecule has 3 heteroatoms. The number of hydrogen-bond donors (Lipinski definition) is 1. The maximum Gasteiger partial charge on any atom is 0.124 e. The van der Waals surface area contributed by atoms with Crippen LogP contribution >= 0.6 is 11.6 Å². The van der Waals surface area contributed by atoms with Crippen LogP contribution in [0.25, 0.3) is 0 Å². The molecule has 2 nitrogen and oxygen atoms in total. The summed E-state index contributed by atoms with van der Waals surface area (Å²) in [7, 11) is 0. The van der Waals surface area contributed by atoms with E-state index in [9.17, 15) is 0 Å². The molecule has 106 valence electrons. The summed E-state index contributed by atoms with van der Waals surface area (Å²) >= 11 is 6.35. The minimum absolute atomic E-state index is 0.0384. The molecule has 0 heterocycles. The average molecular weight is 290 g/mol. The Hall–Kier alpha value is -1.51. The Morgan fingerprint density at radius 2 is 1.65 bits per heavy atom. The van der Waals surface area contributed by atoms with Crippen molar-refractivity contribution in [2.75, 3.05) is 13.2 Å². The fourth-order valence-corrected chi connectivity index (χ4v) is 2.55. The summed E-state index contributed by atoms with van der Waals surface area (Å²) in [6.45, 7) is 5.59. The van der Waals surface area contributed by atoms with Gasteiger partial charge in [0.2, 0.25) is 0 Å². The lowest BCUT2D eigenvalue weighted by Gasteiger charge is -2.22. The largest absolute Gasteiger partial charge is 0.494 e. The summed E-state index contributed by atoms with van der Waals surface area (Å²) in [5.74, 6) is 0.904. The molecule has 1 N–H and O–H groups in total. The molecule has 0 spiro atoms. The van der Waals surface area contributed by atoms with Gasteiger partial charge in [0.15, 0.2) is 0 Å². The lowest BCUT2D eigenvalue weighted by atomic mass is 9.97. The third-order valence-corrected chi connectivity index (χ3v) is 3.50. The molecule has 1 unspecified atom stereocenters. The predicted octanol–water partition coefficient (Wildman–Crippen LogP) is 4.44. The number of hydrogen-bond acceptors (Lipinski definition) is 2. The molecule has 0 aliphatic heterocycles. The zero-order chi connectivity index (χ0) is 14.4. The van der Waals surface area contributed by atoms with E-state index in [1.807, 2.05) is 43.3 Å². The van der Waals surface area contributed by atoms with Gasteiger partial charge in [-0.05, 0) is 31.2 Å². The van der Waals surface area contributed by atoms with Gasteiger partial charge in [0.1, 0.15) is 5.75 Å². The van der Waals surface area contributed by atoms with Crippen LogP contribution in [0.5, 0.6) is 5.75 Å². The molecule has 0 amide bonds. The summed E-state index contributed by atoms with van der Waals surface area (Å²) in [5.41, 5.74) is 2.19. The smallest absolute Gasteiger partial charge is 0.124 e. The number of ether oxygens (including phenoxy) is 1. The maximum absolute atomic E-state index is 6.35. The molecule has 1 atom stereocenters. The van der Waals surface area contributed by atoms with E-state index in [1.165, 1.54) is 0 Å². The van der Waals surface area contributed by atoms with Gasteiger partial charge in [0.25, 0.3) is 0 Å². The predicted molar refractivity (Wildman–Crippen MR) is 84.6 cm³/mol. The van der Waals surface area contributed by atoms with Crippen molar-refractivity contribution in [2.24, 2.45) is 0 Å². The molecular weight excluding hydrogens is 270 g/mol. The van der Waals surface area contributed by atoms with E-state index in [0.29, 0.717) is 6.61 Å². The maximum atomic E-state index is 6.35. The summed E-state index contributed by atoms with van der Waals surface area (Å²) in [6, 6.07) is 16.1. The van der Waals surface area contributed by atoms with Gasteiger partial charge in [-0.15, -0.1) is 0 Å². The normalized spacial score (nSPS) is 12.2. The zero-order valence-electron chi connectivity index (χ0n) is 11.9. The van der Waals surface area contributed by atoms with Gasteiger partial charge in [0, 0.05) is 10.6 Å². The summed E-state index contributed by atoms with van der Waals surface area (Å²) in [6.07, 6.45) is 0.